The van der Waals surface area contributed by atoms with Crippen LogP contribution >= 0.6 is 0 Å². The highest BCUT2D eigenvalue weighted by Gasteiger charge is 2.15. The number of hydrogen-bond donors (Lipinski definition) is 1. The van der Waals surface area contributed by atoms with Crippen molar-refractivity contribution in [3.63, 3.8) is 0 Å². The van der Waals surface area contributed by atoms with Crippen molar-refractivity contribution in [1.82, 2.24) is 0 Å². The summed E-state index contributed by atoms with van der Waals surface area (Å²) in [6.45, 7) is -0.0207. The van der Waals surface area contributed by atoms with Gasteiger partial charge in [-0.2, -0.15) is 0 Å². The minimum absolute atomic E-state index is 0.0207. The van der Waals surface area contributed by atoms with E-state index >= 15 is 0 Å². The lowest BCUT2D eigenvalue weighted by atomic mass is 10.1. The van der Waals surface area contributed by atoms with E-state index in [2.05, 4.69) is 4.74 Å². The molecule has 0 saturated heterocycles. The molecule has 0 saturated carbocycles. The molecule has 1 rings (SSSR count). The Balaban J connectivity index is 2.75. The Hall–Kier alpha value is -2.24. The van der Waals surface area contributed by atoms with Crippen LogP contribution in [-0.2, 0) is 14.3 Å². The predicted molar refractivity (Wildman–Crippen MR) is 72.1 cm³/mol. The topological polar surface area (TPSA) is 81.9 Å². The fourth-order valence-corrected chi connectivity index (χ4v) is 1.51. The molecule has 0 heterocycles. The number of carbonyl (C=O) groups excluding carboxylic acids is 2. The van der Waals surface area contributed by atoms with E-state index < -0.39 is 11.9 Å². The molecule has 0 spiro atoms. The first kappa shape index (κ1) is 14.8. The summed E-state index contributed by atoms with van der Waals surface area (Å²) < 4.78 is 9.48. The second-order valence-corrected chi connectivity index (χ2v) is 4.13. The van der Waals surface area contributed by atoms with E-state index in [0.717, 1.165) is 0 Å². The van der Waals surface area contributed by atoms with Gasteiger partial charge in [0.05, 0.1) is 24.8 Å². The molecule has 0 amide bonds. The Morgan fingerprint density at radius 3 is 2.58 bits per heavy atom. The van der Waals surface area contributed by atoms with Crippen molar-refractivity contribution in [2.24, 2.45) is 0 Å². The van der Waals surface area contributed by atoms with Gasteiger partial charge in [-0.25, -0.2) is 4.79 Å². The van der Waals surface area contributed by atoms with Crippen molar-refractivity contribution < 1.29 is 19.1 Å². The van der Waals surface area contributed by atoms with Crippen molar-refractivity contribution in [3.05, 3.63) is 23.8 Å². The van der Waals surface area contributed by atoms with Gasteiger partial charge >= 0.3 is 11.9 Å². The number of carbonyl (C=O) groups is 2. The van der Waals surface area contributed by atoms with Gasteiger partial charge in [-0.15, -0.1) is 0 Å². The van der Waals surface area contributed by atoms with Crippen LogP contribution < -0.4 is 10.6 Å². The molecule has 1 aromatic carbocycles. The average molecular weight is 266 g/mol. The zero-order valence-corrected chi connectivity index (χ0v) is 11.3. The minimum Gasteiger partial charge on any atom is -0.469 e. The number of nitrogens with zero attached hydrogens (tertiary/aromatic N) is 1. The molecular weight excluding hydrogens is 248 g/mol. The first-order chi connectivity index (χ1) is 8.95. The van der Waals surface area contributed by atoms with Gasteiger partial charge in [-0.05, 0) is 18.2 Å². The molecule has 19 heavy (non-hydrogen) atoms. The molecule has 0 unspecified atom stereocenters. The van der Waals surface area contributed by atoms with Gasteiger partial charge in [0, 0.05) is 19.8 Å². The predicted octanol–water partition coefficient (Wildman–Crippen LogP) is 1.05. The lowest BCUT2D eigenvalue weighted by Gasteiger charge is -2.17. The number of esters is 2. The smallest absolute Gasteiger partial charge is 0.340 e. The van der Waals surface area contributed by atoms with Gasteiger partial charge in [0.2, 0.25) is 0 Å². The number of rotatable bonds is 5. The van der Waals surface area contributed by atoms with E-state index in [1.165, 1.54) is 7.11 Å². The van der Waals surface area contributed by atoms with Gasteiger partial charge in [0.1, 0.15) is 6.61 Å². The molecule has 0 aliphatic rings. The molecule has 104 valence electrons. The number of methoxy groups -OCH3 is 1. The molecule has 0 aromatic heterocycles. The zero-order valence-electron chi connectivity index (χ0n) is 11.3. The van der Waals surface area contributed by atoms with Crippen LogP contribution in [0.15, 0.2) is 18.2 Å². The Labute approximate surface area is 112 Å². The van der Waals surface area contributed by atoms with Crippen LogP contribution in [0.2, 0.25) is 0 Å². The standard InChI is InChI=1S/C13H18N2O4/c1-15(2)11-5-4-9(14)8-10(11)13(17)19-7-6-12(16)18-3/h4-5,8H,6-7,14H2,1-3H3. The second kappa shape index (κ2) is 6.63. The maximum Gasteiger partial charge on any atom is 0.340 e. The molecular formula is C13H18N2O4. The van der Waals surface area contributed by atoms with E-state index in [0.29, 0.717) is 16.9 Å². The SMILES string of the molecule is COC(=O)CCOC(=O)c1cc(N)ccc1N(C)C. The van der Waals surface area contributed by atoms with Crippen molar-refractivity contribution in [1.29, 1.82) is 0 Å². The molecule has 0 aliphatic carbocycles. The molecule has 0 aliphatic heterocycles. The highest BCUT2D eigenvalue weighted by Crippen LogP contribution is 2.22. The van der Waals surface area contributed by atoms with Crippen LogP contribution in [-0.4, -0.2) is 39.8 Å². The number of hydrogen-bond acceptors (Lipinski definition) is 6. The molecule has 6 heteroatoms. The third-order valence-electron chi connectivity index (χ3n) is 2.49. The third kappa shape index (κ3) is 4.17. The molecule has 1 aromatic rings. The van der Waals surface area contributed by atoms with E-state index in [9.17, 15) is 9.59 Å². The Kier molecular flexibility index (Phi) is 5.17. The Morgan fingerprint density at radius 1 is 1.32 bits per heavy atom. The number of ether oxygens (including phenoxy) is 2. The van der Waals surface area contributed by atoms with E-state index in [-0.39, 0.29) is 13.0 Å². The molecule has 6 nitrogen and oxygen atoms in total. The van der Waals surface area contributed by atoms with Crippen molar-refractivity contribution in [2.45, 2.75) is 6.42 Å². The maximum absolute atomic E-state index is 11.9. The monoisotopic (exact) mass is 266 g/mol. The number of nitrogen functional groups attached to an aromatic ring is 1. The molecule has 2 N–H and O–H groups in total. The van der Waals surface area contributed by atoms with Gasteiger partial charge in [0.15, 0.2) is 0 Å². The summed E-state index contributed by atoms with van der Waals surface area (Å²) in [7, 11) is 4.92. The highest BCUT2D eigenvalue weighted by molar-refractivity contribution is 5.97. The van der Waals surface area contributed by atoms with Crippen LogP contribution in [0.1, 0.15) is 16.8 Å². The Morgan fingerprint density at radius 2 is 2.00 bits per heavy atom. The number of nitrogens with two attached hydrogens (primary N) is 1. The third-order valence-corrected chi connectivity index (χ3v) is 2.49. The first-order valence-corrected chi connectivity index (χ1v) is 5.76. The average Bonchev–Trinajstić information content (AvgIpc) is 2.37. The fourth-order valence-electron chi connectivity index (χ4n) is 1.51. The Bertz CT molecular complexity index is 472. The summed E-state index contributed by atoms with van der Waals surface area (Å²) in [4.78, 5) is 24.6. The largest absolute Gasteiger partial charge is 0.469 e. The van der Waals surface area contributed by atoms with Crippen LogP contribution in [0.3, 0.4) is 0 Å². The summed E-state index contributed by atoms with van der Waals surface area (Å²) in [5.41, 5.74) is 7.22. The molecule has 0 atom stereocenters. The molecule has 0 radical (unpaired) electrons. The van der Waals surface area contributed by atoms with Crippen LogP contribution in [0.5, 0.6) is 0 Å². The van der Waals surface area contributed by atoms with E-state index in [1.807, 2.05) is 14.1 Å². The first-order valence-electron chi connectivity index (χ1n) is 5.76. The van der Waals surface area contributed by atoms with Gasteiger partial charge < -0.3 is 20.1 Å². The lowest BCUT2D eigenvalue weighted by Crippen LogP contribution is -2.17. The van der Waals surface area contributed by atoms with Crippen LogP contribution in [0.4, 0.5) is 11.4 Å². The molecule has 0 fully saturated rings. The van der Waals surface area contributed by atoms with Crippen LogP contribution in [0.25, 0.3) is 0 Å². The lowest BCUT2D eigenvalue weighted by molar-refractivity contribution is -0.141. The fraction of sp³-hybridized carbons (Fsp3) is 0.385. The van der Waals surface area contributed by atoms with Gasteiger partial charge in [-0.3, -0.25) is 4.79 Å². The van der Waals surface area contributed by atoms with E-state index in [1.54, 1.807) is 23.1 Å². The van der Waals surface area contributed by atoms with Crippen molar-refractivity contribution in [3.8, 4) is 0 Å². The molecule has 0 bridgehead atoms. The number of anilines is 2. The van der Waals surface area contributed by atoms with E-state index in [4.69, 9.17) is 10.5 Å². The summed E-state index contributed by atoms with van der Waals surface area (Å²) >= 11 is 0. The summed E-state index contributed by atoms with van der Waals surface area (Å²) in [5.74, 6) is -0.937. The highest BCUT2D eigenvalue weighted by atomic mass is 16.5. The summed E-state index contributed by atoms with van der Waals surface area (Å²) in [6, 6.07) is 5.00. The van der Waals surface area contributed by atoms with Crippen molar-refractivity contribution in [2.75, 3.05) is 38.4 Å². The van der Waals surface area contributed by atoms with Gasteiger partial charge in [0.25, 0.3) is 0 Å². The quantitative estimate of drug-likeness (QED) is 0.633. The zero-order chi connectivity index (χ0) is 14.4. The summed E-state index contributed by atoms with van der Waals surface area (Å²) in [6.07, 6.45) is 0.0296. The van der Waals surface area contributed by atoms with Gasteiger partial charge in [-0.1, -0.05) is 0 Å². The summed E-state index contributed by atoms with van der Waals surface area (Å²) in [5, 5.41) is 0. The van der Waals surface area contributed by atoms with Crippen molar-refractivity contribution >= 4 is 23.3 Å². The second-order valence-electron chi connectivity index (χ2n) is 4.13. The maximum atomic E-state index is 11.9. The minimum atomic E-state index is -0.514. The number of benzene rings is 1. The normalized spacial score (nSPS) is 9.84. The van der Waals surface area contributed by atoms with Crippen LogP contribution in [0, 0.1) is 0 Å².